The number of aryl methyl sites for hydroxylation is 1. The van der Waals surface area contributed by atoms with Gasteiger partial charge in [0.25, 0.3) is 10.0 Å². The molecule has 0 bridgehead atoms. The molecule has 0 atom stereocenters. The van der Waals surface area contributed by atoms with E-state index in [1.807, 2.05) is 0 Å². The number of pyridine rings is 1. The van der Waals surface area contributed by atoms with Gasteiger partial charge >= 0.3 is 5.97 Å². The fraction of sp³-hybridized carbons (Fsp3) is 0.333. The minimum absolute atomic E-state index is 0. The molecule has 1 fully saturated rings. The predicted octanol–water partition coefficient (Wildman–Crippen LogP) is 4.98. The van der Waals surface area contributed by atoms with Crippen molar-refractivity contribution < 1.29 is 22.7 Å². The zero-order chi connectivity index (χ0) is 24.5. The van der Waals surface area contributed by atoms with Crippen LogP contribution in [0.5, 0.6) is 0 Å². The number of halogens is 4. The summed E-state index contributed by atoms with van der Waals surface area (Å²) in [4.78, 5) is 21.0. The first-order valence-electron chi connectivity index (χ1n) is 11.1. The summed E-state index contributed by atoms with van der Waals surface area (Å²) in [6.45, 7) is 8.03. The molecular weight excluding hydrogens is 566 g/mol. The third-order valence-corrected chi connectivity index (χ3v) is 7.48. The van der Waals surface area contributed by atoms with Crippen molar-refractivity contribution >= 4 is 75.6 Å². The highest BCUT2D eigenvalue weighted by Gasteiger charge is 2.22. The second-order valence-corrected chi connectivity index (χ2v) is 10.1. The molecule has 8 nitrogen and oxygen atoms in total. The second kappa shape index (κ2) is 13.4. The third-order valence-electron chi connectivity index (χ3n) is 5.95. The van der Waals surface area contributed by atoms with Crippen LogP contribution < -0.4 is 9.62 Å². The lowest BCUT2D eigenvalue weighted by Gasteiger charge is -2.35. The van der Waals surface area contributed by atoms with E-state index < -0.39 is 21.8 Å². The van der Waals surface area contributed by atoms with Crippen LogP contribution in [-0.4, -0.2) is 62.1 Å². The Morgan fingerprint density at radius 2 is 1.73 bits per heavy atom. The monoisotopic (exact) mass is 594 g/mol. The fourth-order valence-corrected chi connectivity index (χ4v) is 5.51. The van der Waals surface area contributed by atoms with E-state index in [1.54, 1.807) is 13.0 Å². The third kappa shape index (κ3) is 7.36. The maximum atomic E-state index is 13.6. The van der Waals surface area contributed by atoms with E-state index in [1.165, 1.54) is 30.3 Å². The highest BCUT2D eigenvalue weighted by molar-refractivity contribution is 7.92. The Bertz CT molecular complexity index is 1350. The number of hydrogen-bond donors (Lipinski definition) is 2. The van der Waals surface area contributed by atoms with E-state index in [0.29, 0.717) is 22.3 Å². The van der Waals surface area contributed by atoms with E-state index in [0.717, 1.165) is 45.2 Å². The molecule has 0 amide bonds. The smallest absolute Gasteiger partial charge is 0.336 e. The molecule has 3 aromatic rings. The Labute approximate surface area is 234 Å². The molecule has 13 heteroatoms. The minimum atomic E-state index is -4.07. The molecule has 0 radical (unpaired) electrons. The quantitative estimate of drug-likeness (QED) is 0.397. The van der Waals surface area contributed by atoms with Crippen LogP contribution in [0.15, 0.2) is 47.4 Å². The number of sulfonamides is 1. The van der Waals surface area contributed by atoms with Crippen LogP contribution >= 0.6 is 37.2 Å². The van der Waals surface area contributed by atoms with E-state index >= 15 is 0 Å². The van der Waals surface area contributed by atoms with Gasteiger partial charge in [0.05, 0.1) is 16.0 Å². The van der Waals surface area contributed by atoms with Crippen molar-refractivity contribution in [3.63, 3.8) is 0 Å². The topological polar surface area (TPSA) is 103 Å². The Balaban J connectivity index is 0.00000228. The molecule has 0 unspecified atom stereocenters. The van der Waals surface area contributed by atoms with Gasteiger partial charge in [-0.2, -0.15) is 0 Å². The van der Waals surface area contributed by atoms with E-state index in [2.05, 4.69) is 26.4 Å². The molecule has 1 aromatic heterocycles. The van der Waals surface area contributed by atoms with Crippen LogP contribution in [0, 0.1) is 12.7 Å². The van der Waals surface area contributed by atoms with Crippen LogP contribution in [0.3, 0.4) is 0 Å². The van der Waals surface area contributed by atoms with E-state index in [-0.39, 0.29) is 53.4 Å². The van der Waals surface area contributed by atoms with Crippen molar-refractivity contribution in [2.75, 3.05) is 42.3 Å². The summed E-state index contributed by atoms with van der Waals surface area (Å²) < 4.78 is 41.8. The molecule has 37 heavy (non-hydrogen) atoms. The summed E-state index contributed by atoms with van der Waals surface area (Å²) in [7, 11) is -4.07. The Morgan fingerprint density at radius 3 is 2.35 bits per heavy atom. The Morgan fingerprint density at radius 1 is 1.05 bits per heavy atom. The first-order valence-corrected chi connectivity index (χ1v) is 12.6. The van der Waals surface area contributed by atoms with Gasteiger partial charge in [-0.3, -0.25) is 9.62 Å². The van der Waals surface area contributed by atoms with Gasteiger partial charge in [0.2, 0.25) is 0 Å². The number of piperazine rings is 1. The maximum Gasteiger partial charge on any atom is 0.336 e. The molecule has 0 spiro atoms. The van der Waals surface area contributed by atoms with E-state index in [9.17, 15) is 22.7 Å². The van der Waals surface area contributed by atoms with Crippen LogP contribution in [0.2, 0.25) is 0 Å². The van der Waals surface area contributed by atoms with Gasteiger partial charge in [-0.15, -0.1) is 37.2 Å². The summed E-state index contributed by atoms with van der Waals surface area (Å²) in [5, 5.41) is 10.2. The van der Waals surface area contributed by atoms with Gasteiger partial charge in [0.1, 0.15) is 11.6 Å². The minimum Gasteiger partial charge on any atom is -0.478 e. The Kier molecular flexibility index (Phi) is 11.9. The van der Waals surface area contributed by atoms with Crippen LogP contribution in [0.1, 0.15) is 29.3 Å². The number of anilines is 2. The lowest BCUT2D eigenvalue weighted by atomic mass is 10.1. The summed E-state index contributed by atoms with van der Waals surface area (Å²) in [6.07, 6.45) is 1.09. The largest absolute Gasteiger partial charge is 0.478 e. The average molecular weight is 596 g/mol. The van der Waals surface area contributed by atoms with Crippen molar-refractivity contribution in [3.05, 3.63) is 59.4 Å². The molecule has 2 heterocycles. The summed E-state index contributed by atoms with van der Waals surface area (Å²) in [6, 6.07) is 9.63. The number of nitrogens with zero attached hydrogens (tertiary/aromatic N) is 3. The standard InChI is InChI=1S/C24H27FN4O4S.3ClH/c1-3-8-28-9-11-29(12-10-28)23-15-20(24(30)31)19-14-18(6-7-21(19)26-23)27-34(32,33)22-13-17(25)5-4-16(22)2;;;/h4-7,13-15,27H,3,8-12H2,1-2H3,(H,30,31);3*1H. The average Bonchev–Trinajstić information content (AvgIpc) is 2.80. The highest BCUT2D eigenvalue weighted by atomic mass is 35.5. The second-order valence-electron chi connectivity index (χ2n) is 8.41. The molecule has 1 aliphatic rings. The highest BCUT2D eigenvalue weighted by Crippen LogP contribution is 2.28. The van der Waals surface area contributed by atoms with Gasteiger partial charge < -0.3 is 10.0 Å². The normalized spacial score (nSPS) is 13.8. The van der Waals surface area contributed by atoms with Gasteiger partial charge in [-0.1, -0.05) is 13.0 Å². The zero-order valence-corrected chi connectivity index (χ0v) is 23.6. The van der Waals surface area contributed by atoms with Crippen LogP contribution in [-0.2, 0) is 10.0 Å². The lowest BCUT2D eigenvalue weighted by Crippen LogP contribution is -2.46. The first kappa shape index (κ1) is 32.7. The van der Waals surface area contributed by atoms with Crippen molar-refractivity contribution in [2.24, 2.45) is 0 Å². The molecule has 0 aliphatic carbocycles. The van der Waals surface area contributed by atoms with Crippen molar-refractivity contribution in [1.29, 1.82) is 0 Å². The Hall–Kier alpha value is -2.37. The maximum absolute atomic E-state index is 13.6. The first-order chi connectivity index (χ1) is 16.2. The summed E-state index contributed by atoms with van der Waals surface area (Å²) >= 11 is 0. The SMILES string of the molecule is CCCN1CCN(c2cc(C(=O)O)c3cc(NS(=O)(=O)c4cc(F)ccc4C)ccc3n2)CC1.Cl.Cl.Cl. The van der Waals surface area contributed by atoms with Gasteiger partial charge in [-0.05, 0) is 61.9 Å². The molecule has 204 valence electrons. The number of carbonyl (C=O) groups is 1. The zero-order valence-electron chi connectivity index (χ0n) is 20.3. The molecule has 1 aliphatic heterocycles. The number of benzene rings is 2. The molecule has 1 saturated heterocycles. The van der Waals surface area contributed by atoms with Crippen molar-refractivity contribution in [1.82, 2.24) is 9.88 Å². The number of aromatic carboxylic acids is 1. The van der Waals surface area contributed by atoms with Gasteiger partial charge in [0.15, 0.2) is 0 Å². The number of carboxylic acids is 1. The molecule has 0 saturated carbocycles. The molecular formula is C24H30Cl3FN4O4S. The van der Waals surface area contributed by atoms with Crippen LogP contribution in [0.25, 0.3) is 10.9 Å². The van der Waals surface area contributed by atoms with Crippen LogP contribution in [0.4, 0.5) is 15.9 Å². The van der Waals surface area contributed by atoms with E-state index in [4.69, 9.17) is 0 Å². The number of aromatic nitrogens is 1. The number of rotatable bonds is 7. The summed E-state index contributed by atoms with van der Waals surface area (Å²) in [5.41, 5.74) is 1.06. The lowest BCUT2D eigenvalue weighted by molar-refractivity contribution is 0.0699. The number of fused-ring (bicyclic) bond motifs is 1. The predicted molar refractivity (Wildman–Crippen MR) is 151 cm³/mol. The van der Waals surface area contributed by atoms with Gasteiger partial charge in [-0.25, -0.2) is 22.6 Å². The van der Waals surface area contributed by atoms with Gasteiger partial charge in [0, 0.05) is 37.3 Å². The number of nitrogens with one attached hydrogen (secondary N) is 1. The molecule has 2 aromatic carbocycles. The molecule has 4 rings (SSSR count). The number of hydrogen-bond acceptors (Lipinski definition) is 6. The fourth-order valence-electron chi connectivity index (χ4n) is 4.20. The summed E-state index contributed by atoms with van der Waals surface area (Å²) in [5.74, 6) is -1.20. The number of carboxylic acid groups (broad SMARTS) is 1. The van der Waals surface area contributed by atoms with Crippen molar-refractivity contribution in [2.45, 2.75) is 25.2 Å². The molecule has 2 N–H and O–H groups in total. The van der Waals surface area contributed by atoms with Crippen molar-refractivity contribution in [3.8, 4) is 0 Å².